The number of amides is 1. The summed E-state index contributed by atoms with van der Waals surface area (Å²) >= 11 is 6.23. The van der Waals surface area contributed by atoms with Crippen LogP contribution in [0.1, 0.15) is 44.1 Å². The van der Waals surface area contributed by atoms with Gasteiger partial charge in [0, 0.05) is 13.6 Å². The molecule has 2 aromatic rings. The molecule has 0 bridgehead atoms. The summed E-state index contributed by atoms with van der Waals surface area (Å²) in [7, 11) is 1.88. The molecule has 1 unspecified atom stereocenters. The molecule has 7 heteroatoms. The van der Waals surface area contributed by atoms with Crippen LogP contribution < -0.4 is 5.32 Å². The van der Waals surface area contributed by atoms with Crippen LogP contribution in [0.25, 0.3) is 11.2 Å². The first-order chi connectivity index (χ1) is 9.99. The molecule has 21 heavy (non-hydrogen) atoms. The van der Waals surface area contributed by atoms with Crippen molar-refractivity contribution in [1.29, 1.82) is 0 Å². The number of carbonyl (C=O) groups excluding carboxylic acids is 1. The van der Waals surface area contributed by atoms with Crippen LogP contribution in [0.5, 0.6) is 0 Å². The average molecular weight is 312 g/mol. The van der Waals surface area contributed by atoms with E-state index in [9.17, 15) is 4.79 Å². The zero-order valence-corrected chi connectivity index (χ0v) is 13.7. The second-order valence-corrected chi connectivity index (χ2v) is 5.77. The minimum atomic E-state index is -0.263. The summed E-state index contributed by atoms with van der Waals surface area (Å²) in [6, 6.07) is 0. The highest BCUT2D eigenvalue weighted by atomic mass is 35.5. The lowest BCUT2D eigenvalue weighted by atomic mass is 10.2. The van der Waals surface area contributed by atoms with Crippen LogP contribution in [0, 0.1) is 0 Å². The molecule has 0 aliphatic carbocycles. The van der Waals surface area contributed by atoms with E-state index in [1.807, 2.05) is 25.5 Å². The minimum absolute atomic E-state index is 0.0476. The molecule has 0 saturated carbocycles. The number of aromatic nitrogens is 4. The van der Waals surface area contributed by atoms with Crippen molar-refractivity contribution in [3.63, 3.8) is 0 Å². The summed E-state index contributed by atoms with van der Waals surface area (Å²) in [5, 5.41) is 7.06. The fraction of sp³-hybridized carbons (Fsp3) is 0.643. The summed E-state index contributed by atoms with van der Waals surface area (Å²) < 4.78 is 3.65. The summed E-state index contributed by atoms with van der Waals surface area (Å²) in [6.45, 7) is 6.69. The number of hydrogen-bond acceptors (Lipinski definition) is 3. The zero-order valence-electron chi connectivity index (χ0n) is 13.0. The lowest BCUT2D eigenvalue weighted by Crippen LogP contribution is -2.28. The first kappa shape index (κ1) is 15.8. The Hall–Kier alpha value is -1.56. The summed E-state index contributed by atoms with van der Waals surface area (Å²) in [5.41, 5.74) is 2.67. The maximum Gasteiger partial charge on any atom is 0.240 e. The number of carbonyl (C=O) groups is 1. The van der Waals surface area contributed by atoms with E-state index >= 15 is 0 Å². The van der Waals surface area contributed by atoms with E-state index in [1.54, 1.807) is 4.68 Å². The van der Waals surface area contributed by atoms with Gasteiger partial charge in [-0.1, -0.05) is 13.3 Å². The number of rotatable bonds is 6. The SMILES string of the molecule is CCCc1nn(C)c2c1nc(C(C)Cl)n2CC(=O)NCC. The highest BCUT2D eigenvalue weighted by Crippen LogP contribution is 2.26. The van der Waals surface area contributed by atoms with E-state index in [1.165, 1.54) is 0 Å². The van der Waals surface area contributed by atoms with E-state index in [4.69, 9.17) is 11.6 Å². The molecular weight excluding hydrogens is 290 g/mol. The van der Waals surface area contributed by atoms with Crippen molar-refractivity contribution in [3.05, 3.63) is 11.5 Å². The topological polar surface area (TPSA) is 64.7 Å². The van der Waals surface area contributed by atoms with E-state index in [0.717, 1.165) is 29.7 Å². The van der Waals surface area contributed by atoms with Crippen molar-refractivity contribution in [2.45, 2.75) is 45.5 Å². The van der Waals surface area contributed by atoms with E-state index in [-0.39, 0.29) is 17.8 Å². The van der Waals surface area contributed by atoms with Crippen LogP contribution in [-0.2, 0) is 24.8 Å². The highest BCUT2D eigenvalue weighted by Gasteiger charge is 2.22. The Morgan fingerprint density at radius 2 is 2.14 bits per heavy atom. The van der Waals surface area contributed by atoms with Crippen LogP contribution in [0.15, 0.2) is 0 Å². The van der Waals surface area contributed by atoms with Crippen molar-refractivity contribution >= 4 is 28.7 Å². The van der Waals surface area contributed by atoms with Gasteiger partial charge in [-0.15, -0.1) is 11.6 Å². The number of nitrogens with one attached hydrogen (secondary N) is 1. The summed E-state index contributed by atoms with van der Waals surface area (Å²) in [6.07, 6.45) is 1.87. The lowest BCUT2D eigenvalue weighted by molar-refractivity contribution is -0.121. The molecule has 0 saturated heterocycles. The second-order valence-electron chi connectivity index (χ2n) is 5.12. The van der Waals surface area contributed by atoms with Gasteiger partial charge in [-0.05, 0) is 20.3 Å². The van der Waals surface area contributed by atoms with Gasteiger partial charge in [-0.2, -0.15) is 5.10 Å². The molecule has 2 aromatic heterocycles. The van der Waals surface area contributed by atoms with Crippen LogP contribution in [0.2, 0.25) is 0 Å². The van der Waals surface area contributed by atoms with Crippen molar-refractivity contribution in [2.75, 3.05) is 6.54 Å². The average Bonchev–Trinajstić information content (AvgIpc) is 2.91. The second kappa shape index (κ2) is 6.47. The van der Waals surface area contributed by atoms with Gasteiger partial charge in [0.1, 0.15) is 17.9 Å². The van der Waals surface area contributed by atoms with Crippen LogP contribution in [-0.4, -0.2) is 31.8 Å². The molecule has 2 rings (SSSR count). The molecule has 0 aliphatic heterocycles. The normalized spacial score (nSPS) is 12.8. The Bertz CT molecular complexity index is 643. The Balaban J connectivity index is 2.54. The minimum Gasteiger partial charge on any atom is -0.355 e. The molecule has 0 radical (unpaired) electrons. The summed E-state index contributed by atoms with van der Waals surface area (Å²) in [4.78, 5) is 16.6. The molecule has 6 nitrogen and oxygen atoms in total. The maximum atomic E-state index is 11.9. The van der Waals surface area contributed by atoms with Crippen LogP contribution in [0.4, 0.5) is 0 Å². The van der Waals surface area contributed by atoms with Gasteiger partial charge in [0.2, 0.25) is 5.91 Å². The third-order valence-electron chi connectivity index (χ3n) is 3.34. The molecule has 0 fully saturated rings. The molecule has 116 valence electrons. The monoisotopic (exact) mass is 311 g/mol. The Kier molecular flexibility index (Phi) is 4.88. The van der Waals surface area contributed by atoms with Crippen LogP contribution in [0.3, 0.4) is 0 Å². The van der Waals surface area contributed by atoms with Gasteiger partial charge < -0.3 is 9.88 Å². The molecule has 0 aliphatic rings. The van der Waals surface area contributed by atoms with Crippen molar-refractivity contribution in [1.82, 2.24) is 24.6 Å². The third kappa shape index (κ3) is 3.05. The number of nitrogens with zero attached hydrogens (tertiary/aromatic N) is 4. The number of imidazole rings is 1. The van der Waals surface area contributed by atoms with Gasteiger partial charge >= 0.3 is 0 Å². The molecule has 0 aromatic carbocycles. The molecule has 2 heterocycles. The standard InChI is InChI=1S/C14H22ClN5O/c1-5-7-10-12-14(19(4)18-10)20(8-11(21)16-6-2)13(17-12)9(3)15/h9H,5-8H2,1-4H3,(H,16,21). The Morgan fingerprint density at radius 1 is 1.43 bits per heavy atom. The molecular formula is C14H22ClN5O. The molecule has 1 atom stereocenters. The predicted octanol–water partition coefficient (Wildman–Crippen LogP) is 2.16. The Labute approximate surface area is 129 Å². The fourth-order valence-corrected chi connectivity index (χ4v) is 2.69. The first-order valence-electron chi connectivity index (χ1n) is 7.32. The summed E-state index contributed by atoms with van der Waals surface area (Å²) in [5.74, 6) is 0.664. The van der Waals surface area contributed by atoms with Gasteiger partial charge in [0.25, 0.3) is 0 Å². The Morgan fingerprint density at radius 3 is 2.71 bits per heavy atom. The maximum absolute atomic E-state index is 11.9. The highest BCUT2D eigenvalue weighted by molar-refractivity contribution is 6.20. The van der Waals surface area contributed by atoms with Crippen molar-refractivity contribution in [2.24, 2.45) is 7.05 Å². The van der Waals surface area contributed by atoms with E-state index in [2.05, 4.69) is 22.3 Å². The number of fused-ring (bicyclic) bond motifs is 1. The zero-order chi connectivity index (χ0) is 15.6. The van der Waals surface area contributed by atoms with Crippen LogP contribution >= 0.6 is 11.6 Å². The number of likely N-dealkylation sites (N-methyl/N-ethyl adjacent to an activating group) is 1. The molecule has 1 N–H and O–H groups in total. The van der Waals surface area contributed by atoms with Gasteiger partial charge in [0.15, 0.2) is 5.65 Å². The smallest absolute Gasteiger partial charge is 0.240 e. The number of hydrogen-bond donors (Lipinski definition) is 1. The number of halogens is 1. The third-order valence-corrected chi connectivity index (χ3v) is 3.53. The van der Waals surface area contributed by atoms with Crippen molar-refractivity contribution in [3.8, 4) is 0 Å². The fourth-order valence-electron chi connectivity index (χ4n) is 2.52. The van der Waals surface area contributed by atoms with Gasteiger partial charge in [-0.25, -0.2) is 4.98 Å². The van der Waals surface area contributed by atoms with Crippen molar-refractivity contribution < 1.29 is 4.79 Å². The largest absolute Gasteiger partial charge is 0.355 e. The van der Waals surface area contributed by atoms with Gasteiger partial charge in [0.05, 0.1) is 11.1 Å². The lowest BCUT2D eigenvalue weighted by Gasteiger charge is -2.10. The first-order valence-corrected chi connectivity index (χ1v) is 7.75. The number of aryl methyl sites for hydroxylation is 2. The molecule has 0 spiro atoms. The van der Waals surface area contributed by atoms with E-state index < -0.39 is 0 Å². The van der Waals surface area contributed by atoms with E-state index in [0.29, 0.717) is 12.4 Å². The predicted molar refractivity (Wildman–Crippen MR) is 83.4 cm³/mol. The van der Waals surface area contributed by atoms with Gasteiger partial charge in [-0.3, -0.25) is 9.48 Å². The number of alkyl halides is 1. The molecule has 1 amide bonds. The quantitative estimate of drug-likeness (QED) is 0.831.